The molecule has 2 aromatic rings. The van der Waals surface area contributed by atoms with E-state index in [-0.39, 0.29) is 5.76 Å². The van der Waals surface area contributed by atoms with Crippen molar-refractivity contribution in [3.63, 3.8) is 0 Å². The summed E-state index contributed by atoms with van der Waals surface area (Å²) in [6, 6.07) is 1.98. The lowest BCUT2D eigenvalue weighted by atomic mass is 10.3. The molecular formula is C12H12INO3S. The van der Waals surface area contributed by atoms with Crippen LogP contribution in [0.1, 0.15) is 30.1 Å². The van der Waals surface area contributed by atoms with E-state index in [1.165, 1.54) is 0 Å². The Bertz CT molecular complexity index is 561. The smallest absolute Gasteiger partial charge is 0.376 e. The van der Waals surface area contributed by atoms with Crippen LogP contribution < -0.4 is 0 Å². The van der Waals surface area contributed by atoms with Crippen molar-refractivity contribution >= 4 is 39.9 Å². The molecule has 0 atom stereocenters. The molecule has 0 fully saturated rings. The molecular weight excluding hydrogens is 365 g/mol. The standard InChI is InChI=1S/C12H12INO3S/c1-3-8-10(12(15)16-4-2)17-11(14-8)7-5-9(13)18-6-7/h5-6H,3-4H2,1-2H3. The Morgan fingerprint density at radius 2 is 2.33 bits per heavy atom. The zero-order chi connectivity index (χ0) is 13.1. The van der Waals surface area contributed by atoms with Gasteiger partial charge in [-0.1, -0.05) is 6.92 Å². The Morgan fingerprint density at radius 3 is 2.89 bits per heavy atom. The van der Waals surface area contributed by atoms with E-state index in [1.807, 2.05) is 18.4 Å². The number of carbonyl (C=O) groups excluding carboxylic acids is 1. The van der Waals surface area contributed by atoms with Gasteiger partial charge in [0.05, 0.1) is 15.2 Å². The summed E-state index contributed by atoms with van der Waals surface area (Å²) in [6.07, 6.45) is 0.638. The van der Waals surface area contributed by atoms with Crippen molar-refractivity contribution in [3.8, 4) is 11.5 Å². The molecule has 18 heavy (non-hydrogen) atoms. The van der Waals surface area contributed by atoms with Gasteiger partial charge in [0.2, 0.25) is 11.7 Å². The molecule has 2 aromatic heterocycles. The lowest BCUT2D eigenvalue weighted by Gasteiger charge is -1.98. The van der Waals surface area contributed by atoms with Crippen LogP contribution in [0.5, 0.6) is 0 Å². The van der Waals surface area contributed by atoms with E-state index >= 15 is 0 Å². The summed E-state index contributed by atoms with van der Waals surface area (Å²) >= 11 is 3.85. The topological polar surface area (TPSA) is 52.3 Å². The Labute approximate surface area is 123 Å². The molecule has 0 aliphatic rings. The maximum Gasteiger partial charge on any atom is 0.376 e. The predicted octanol–water partition coefficient (Wildman–Crippen LogP) is 3.75. The number of oxazole rings is 1. The first-order valence-electron chi connectivity index (χ1n) is 5.56. The SMILES string of the molecule is CCOC(=O)c1oc(-c2csc(I)c2)nc1CC. The minimum Gasteiger partial charge on any atom is -0.460 e. The van der Waals surface area contributed by atoms with Gasteiger partial charge >= 0.3 is 5.97 Å². The second kappa shape index (κ2) is 5.83. The van der Waals surface area contributed by atoms with E-state index < -0.39 is 5.97 Å². The largest absolute Gasteiger partial charge is 0.460 e. The van der Waals surface area contributed by atoms with Crippen molar-refractivity contribution in [2.75, 3.05) is 6.61 Å². The molecule has 0 aliphatic carbocycles. The quantitative estimate of drug-likeness (QED) is 0.602. The molecule has 6 heteroatoms. The summed E-state index contributed by atoms with van der Waals surface area (Å²) in [7, 11) is 0. The van der Waals surface area contributed by atoms with E-state index in [2.05, 4.69) is 27.6 Å². The molecule has 2 heterocycles. The number of hydrogen-bond donors (Lipinski definition) is 0. The number of carbonyl (C=O) groups is 1. The van der Waals surface area contributed by atoms with Gasteiger partial charge in [0.15, 0.2) is 0 Å². The molecule has 0 saturated heterocycles. The number of aryl methyl sites for hydroxylation is 1. The van der Waals surface area contributed by atoms with Crippen molar-refractivity contribution in [2.45, 2.75) is 20.3 Å². The maximum atomic E-state index is 11.7. The molecule has 0 amide bonds. The second-order valence-corrected chi connectivity index (χ2v) is 6.31. The number of nitrogens with zero attached hydrogens (tertiary/aromatic N) is 1. The van der Waals surface area contributed by atoms with Gasteiger partial charge in [-0.2, -0.15) is 0 Å². The Balaban J connectivity index is 2.37. The van der Waals surface area contributed by atoms with Crippen LogP contribution in [0.3, 0.4) is 0 Å². The number of ether oxygens (including phenoxy) is 1. The van der Waals surface area contributed by atoms with Crippen molar-refractivity contribution < 1.29 is 13.9 Å². The fourth-order valence-electron chi connectivity index (χ4n) is 1.49. The first kappa shape index (κ1) is 13.5. The lowest BCUT2D eigenvalue weighted by Crippen LogP contribution is -2.05. The van der Waals surface area contributed by atoms with Gasteiger partial charge in [-0.25, -0.2) is 9.78 Å². The van der Waals surface area contributed by atoms with Crippen LogP contribution in [0.2, 0.25) is 0 Å². The van der Waals surface area contributed by atoms with Crippen LogP contribution >= 0.6 is 33.9 Å². The molecule has 0 unspecified atom stereocenters. The van der Waals surface area contributed by atoms with Crippen molar-refractivity contribution in [2.24, 2.45) is 0 Å². The monoisotopic (exact) mass is 377 g/mol. The van der Waals surface area contributed by atoms with Crippen LogP contribution in [0, 0.1) is 2.88 Å². The number of halogens is 1. The molecule has 0 spiro atoms. The first-order chi connectivity index (χ1) is 8.65. The van der Waals surface area contributed by atoms with Crippen LogP contribution in [0.15, 0.2) is 15.9 Å². The Hall–Kier alpha value is -0.890. The molecule has 0 radical (unpaired) electrons. The van der Waals surface area contributed by atoms with E-state index in [4.69, 9.17) is 9.15 Å². The third kappa shape index (κ3) is 2.74. The Morgan fingerprint density at radius 1 is 1.56 bits per heavy atom. The van der Waals surface area contributed by atoms with Gasteiger partial charge in [-0.05, 0) is 42.0 Å². The average Bonchev–Trinajstić information content (AvgIpc) is 2.94. The number of esters is 1. The molecule has 0 saturated carbocycles. The minimum absolute atomic E-state index is 0.218. The van der Waals surface area contributed by atoms with Crippen molar-refractivity contribution in [1.82, 2.24) is 4.98 Å². The van der Waals surface area contributed by atoms with Crippen LogP contribution in [0.4, 0.5) is 0 Å². The lowest BCUT2D eigenvalue weighted by molar-refractivity contribution is 0.0489. The highest BCUT2D eigenvalue weighted by Crippen LogP contribution is 2.28. The summed E-state index contributed by atoms with van der Waals surface area (Å²) < 4.78 is 11.6. The van der Waals surface area contributed by atoms with Gasteiger partial charge in [0.25, 0.3) is 0 Å². The van der Waals surface area contributed by atoms with E-state index in [0.29, 0.717) is 24.6 Å². The minimum atomic E-state index is -0.446. The van der Waals surface area contributed by atoms with E-state index in [0.717, 1.165) is 8.45 Å². The van der Waals surface area contributed by atoms with E-state index in [9.17, 15) is 4.79 Å². The fourth-order valence-corrected chi connectivity index (χ4v) is 2.81. The molecule has 4 nitrogen and oxygen atoms in total. The molecule has 0 aliphatic heterocycles. The highest BCUT2D eigenvalue weighted by Gasteiger charge is 2.21. The highest BCUT2D eigenvalue weighted by molar-refractivity contribution is 14.1. The molecule has 0 bridgehead atoms. The van der Waals surface area contributed by atoms with Crippen molar-refractivity contribution in [1.29, 1.82) is 0 Å². The third-order valence-electron chi connectivity index (χ3n) is 2.31. The number of hydrogen-bond acceptors (Lipinski definition) is 5. The normalized spacial score (nSPS) is 10.6. The zero-order valence-electron chi connectivity index (χ0n) is 10.0. The summed E-state index contributed by atoms with van der Waals surface area (Å²) in [4.78, 5) is 16.1. The molecule has 0 aromatic carbocycles. The van der Waals surface area contributed by atoms with Gasteiger partial charge in [-0.3, -0.25) is 0 Å². The number of thiophene rings is 1. The number of rotatable bonds is 4. The molecule has 96 valence electrons. The summed E-state index contributed by atoms with van der Waals surface area (Å²) in [6.45, 7) is 4.03. The maximum absolute atomic E-state index is 11.7. The second-order valence-electron chi connectivity index (χ2n) is 3.51. The predicted molar refractivity (Wildman–Crippen MR) is 77.9 cm³/mol. The molecule has 0 N–H and O–H groups in total. The summed E-state index contributed by atoms with van der Waals surface area (Å²) in [5, 5.41) is 1.96. The van der Waals surface area contributed by atoms with Crippen LogP contribution in [-0.2, 0) is 11.2 Å². The van der Waals surface area contributed by atoms with Gasteiger partial charge < -0.3 is 9.15 Å². The van der Waals surface area contributed by atoms with E-state index in [1.54, 1.807) is 18.3 Å². The average molecular weight is 377 g/mol. The van der Waals surface area contributed by atoms with Gasteiger partial charge in [-0.15, -0.1) is 11.3 Å². The highest BCUT2D eigenvalue weighted by atomic mass is 127. The number of aromatic nitrogens is 1. The summed E-state index contributed by atoms with van der Waals surface area (Å²) in [5.74, 6) is 0.252. The van der Waals surface area contributed by atoms with Crippen LogP contribution in [-0.4, -0.2) is 17.6 Å². The molecule has 2 rings (SSSR count). The third-order valence-corrected chi connectivity index (χ3v) is 4.10. The van der Waals surface area contributed by atoms with Crippen molar-refractivity contribution in [3.05, 3.63) is 25.8 Å². The summed E-state index contributed by atoms with van der Waals surface area (Å²) in [5.41, 5.74) is 1.54. The zero-order valence-corrected chi connectivity index (χ0v) is 13.0. The van der Waals surface area contributed by atoms with Gasteiger partial charge in [0, 0.05) is 10.9 Å². The van der Waals surface area contributed by atoms with Gasteiger partial charge in [0.1, 0.15) is 0 Å². The first-order valence-corrected chi connectivity index (χ1v) is 7.52. The fraction of sp³-hybridized carbons (Fsp3) is 0.333. The van der Waals surface area contributed by atoms with Crippen LogP contribution in [0.25, 0.3) is 11.5 Å². The Kier molecular flexibility index (Phi) is 4.39.